The van der Waals surface area contributed by atoms with Gasteiger partial charge in [-0.05, 0) is 14.0 Å². The first-order chi connectivity index (χ1) is 9.55. The molecule has 2 rings (SSSR count). The molecule has 0 aliphatic rings. The standard InChI is InChI=1S/C13H19N7/c1-9(5-14)7-19(3)8-11-17-12(15-2)10-6-16-20(4)13(10)18-11/h6,9H,7-8H2,1-4H3,(H,15,17,18). The van der Waals surface area contributed by atoms with Crippen molar-refractivity contribution in [1.29, 1.82) is 5.26 Å². The number of aryl methyl sites for hydroxylation is 1. The van der Waals surface area contributed by atoms with Gasteiger partial charge in [-0.2, -0.15) is 10.4 Å². The zero-order valence-electron chi connectivity index (χ0n) is 12.3. The van der Waals surface area contributed by atoms with Crippen LogP contribution in [-0.2, 0) is 13.6 Å². The SMILES string of the molecule is CNc1nc(CN(C)CC(C)C#N)nc2c1cnn2C. The highest BCUT2D eigenvalue weighted by Gasteiger charge is 2.13. The van der Waals surface area contributed by atoms with Gasteiger partial charge in [0.15, 0.2) is 5.65 Å². The summed E-state index contributed by atoms with van der Waals surface area (Å²) in [6, 6.07) is 2.23. The highest BCUT2D eigenvalue weighted by atomic mass is 15.3. The Kier molecular flexibility index (Phi) is 4.15. The number of anilines is 1. The number of hydrogen-bond acceptors (Lipinski definition) is 6. The van der Waals surface area contributed by atoms with Crippen LogP contribution in [0.25, 0.3) is 11.0 Å². The molecule has 7 nitrogen and oxygen atoms in total. The fourth-order valence-corrected chi connectivity index (χ4v) is 2.14. The predicted molar refractivity (Wildman–Crippen MR) is 77.0 cm³/mol. The largest absolute Gasteiger partial charge is 0.372 e. The van der Waals surface area contributed by atoms with Crippen LogP contribution in [0, 0.1) is 17.2 Å². The first-order valence-electron chi connectivity index (χ1n) is 6.49. The van der Waals surface area contributed by atoms with Crippen LogP contribution in [0.2, 0.25) is 0 Å². The lowest BCUT2D eigenvalue weighted by Crippen LogP contribution is -2.24. The monoisotopic (exact) mass is 273 g/mol. The van der Waals surface area contributed by atoms with Crippen LogP contribution < -0.4 is 5.32 Å². The van der Waals surface area contributed by atoms with Crippen molar-refractivity contribution in [2.75, 3.05) is 26.0 Å². The number of hydrogen-bond donors (Lipinski definition) is 1. The Labute approximate surface area is 118 Å². The minimum atomic E-state index is -0.01000. The van der Waals surface area contributed by atoms with E-state index < -0.39 is 0 Å². The van der Waals surface area contributed by atoms with Crippen molar-refractivity contribution in [3.05, 3.63) is 12.0 Å². The average molecular weight is 273 g/mol. The summed E-state index contributed by atoms with van der Waals surface area (Å²) in [5, 5.41) is 17.0. The van der Waals surface area contributed by atoms with Crippen LogP contribution in [0.15, 0.2) is 6.20 Å². The van der Waals surface area contributed by atoms with E-state index in [0.717, 1.165) is 22.7 Å². The smallest absolute Gasteiger partial charge is 0.163 e. The first-order valence-corrected chi connectivity index (χ1v) is 6.49. The molecule has 20 heavy (non-hydrogen) atoms. The van der Waals surface area contributed by atoms with Gasteiger partial charge in [-0.1, -0.05) is 0 Å². The van der Waals surface area contributed by atoms with E-state index in [9.17, 15) is 0 Å². The molecule has 0 aromatic carbocycles. The summed E-state index contributed by atoms with van der Waals surface area (Å²) >= 11 is 0. The molecule has 1 unspecified atom stereocenters. The molecule has 0 saturated heterocycles. The Hall–Kier alpha value is -2.20. The Morgan fingerprint density at radius 3 is 2.90 bits per heavy atom. The normalized spacial score (nSPS) is 12.6. The maximum atomic E-state index is 8.85. The lowest BCUT2D eigenvalue weighted by Gasteiger charge is -2.17. The molecule has 1 atom stereocenters. The molecule has 0 spiro atoms. The molecule has 0 fully saturated rings. The quantitative estimate of drug-likeness (QED) is 0.875. The minimum Gasteiger partial charge on any atom is -0.372 e. The number of nitrogens with one attached hydrogen (secondary N) is 1. The molecule has 0 bridgehead atoms. The van der Waals surface area contributed by atoms with Gasteiger partial charge < -0.3 is 5.32 Å². The van der Waals surface area contributed by atoms with Crippen molar-refractivity contribution in [1.82, 2.24) is 24.6 Å². The fraction of sp³-hybridized carbons (Fsp3) is 0.538. The van der Waals surface area contributed by atoms with Gasteiger partial charge in [-0.25, -0.2) is 9.97 Å². The van der Waals surface area contributed by atoms with E-state index in [-0.39, 0.29) is 5.92 Å². The summed E-state index contributed by atoms with van der Waals surface area (Å²) in [5.41, 5.74) is 0.807. The predicted octanol–water partition coefficient (Wildman–Crippen LogP) is 0.996. The van der Waals surface area contributed by atoms with Gasteiger partial charge in [0.05, 0.1) is 30.1 Å². The van der Waals surface area contributed by atoms with Crippen molar-refractivity contribution < 1.29 is 0 Å². The number of aromatic nitrogens is 4. The molecule has 0 amide bonds. The van der Waals surface area contributed by atoms with Crippen LogP contribution in [0.1, 0.15) is 12.7 Å². The molecule has 2 heterocycles. The maximum absolute atomic E-state index is 8.85. The second kappa shape index (κ2) is 5.84. The summed E-state index contributed by atoms with van der Waals surface area (Å²) < 4.78 is 1.74. The van der Waals surface area contributed by atoms with Crippen LogP contribution in [-0.4, -0.2) is 45.3 Å². The van der Waals surface area contributed by atoms with Crippen molar-refractivity contribution in [3.8, 4) is 6.07 Å². The Morgan fingerprint density at radius 1 is 1.50 bits per heavy atom. The molecule has 2 aromatic heterocycles. The number of rotatable bonds is 5. The van der Waals surface area contributed by atoms with Crippen LogP contribution in [0.3, 0.4) is 0 Å². The molecule has 0 aliphatic carbocycles. The highest BCUT2D eigenvalue weighted by Crippen LogP contribution is 2.19. The summed E-state index contributed by atoms with van der Waals surface area (Å²) in [6.07, 6.45) is 1.76. The third-order valence-electron chi connectivity index (χ3n) is 3.09. The summed E-state index contributed by atoms with van der Waals surface area (Å²) in [4.78, 5) is 11.1. The van der Waals surface area contributed by atoms with Crippen LogP contribution in [0.4, 0.5) is 5.82 Å². The molecule has 0 radical (unpaired) electrons. The molecule has 1 N–H and O–H groups in total. The van der Waals surface area contributed by atoms with Crippen molar-refractivity contribution in [2.24, 2.45) is 13.0 Å². The van der Waals surface area contributed by atoms with E-state index in [1.54, 1.807) is 10.9 Å². The fourth-order valence-electron chi connectivity index (χ4n) is 2.14. The molecule has 0 aliphatic heterocycles. The second-order valence-corrected chi connectivity index (χ2v) is 4.97. The summed E-state index contributed by atoms with van der Waals surface area (Å²) in [6.45, 7) is 3.20. The number of nitriles is 1. The molecule has 0 saturated carbocycles. The number of fused-ring (bicyclic) bond motifs is 1. The Morgan fingerprint density at radius 2 is 2.25 bits per heavy atom. The molecular formula is C13H19N7. The Bertz CT molecular complexity index is 640. The maximum Gasteiger partial charge on any atom is 0.163 e. The van der Waals surface area contributed by atoms with Crippen LogP contribution in [0.5, 0.6) is 0 Å². The summed E-state index contributed by atoms with van der Waals surface area (Å²) in [7, 11) is 5.66. The van der Waals surface area contributed by atoms with E-state index in [4.69, 9.17) is 5.26 Å². The van der Waals surface area contributed by atoms with Gasteiger partial charge in [-0.3, -0.25) is 9.58 Å². The Balaban J connectivity index is 2.26. The third-order valence-corrected chi connectivity index (χ3v) is 3.09. The van der Waals surface area contributed by atoms with Gasteiger partial charge in [0, 0.05) is 20.6 Å². The van der Waals surface area contributed by atoms with Gasteiger partial charge in [0.25, 0.3) is 0 Å². The van der Waals surface area contributed by atoms with E-state index in [2.05, 4.69) is 26.5 Å². The van der Waals surface area contributed by atoms with Gasteiger partial charge >= 0.3 is 0 Å². The minimum absolute atomic E-state index is 0.01000. The van der Waals surface area contributed by atoms with Crippen LogP contribution >= 0.6 is 0 Å². The molecule has 7 heteroatoms. The van der Waals surface area contributed by atoms with Gasteiger partial charge in [0.2, 0.25) is 0 Å². The first kappa shape index (κ1) is 14.2. The van der Waals surface area contributed by atoms with E-state index in [0.29, 0.717) is 13.1 Å². The highest BCUT2D eigenvalue weighted by molar-refractivity contribution is 5.86. The molecular weight excluding hydrogens is 254 g/mol. The van der Waals surface area contributed by atoms with Gasteiger partial charge in [-0.15, -0.1) is 0 Å². The molecule has 2 aromatic rings. The van der Waals surface area contributed by atoms with E-state index in [1.807, 2.05) is 33.0 Å². The topological polar surface area (TPSA) is 82.7 Å². The number of nitrogens with zero attached hydrogens (tertiary/aromatic N) is 6. The zero-order chi connectivity index (χ0) is 14.7. The zero-order valence-corrected chi connectivity index (χ0v) is 12.3. The average Bonchev–Trinajstić information content (AvgIpc) is 2.79. The summed E-state index contributed by atoms with van der Waals surface area (Å²) in [5.74, 6) is 1.49. The second-order valence-electron chi connectivity index (χ2n) is 4.97. The van der Waals surface area contributed by atoms with E-state index >= 15 is 0 Å². The van der Waals surface area contributed by atoms with Crippen molar-refractivity contribution in [3.63, 3.8) is 0 Å². The van der Waals surface area contributed by atoms with Crippen molar-refractivity contribution >= 4 is 16.9 Å². The third kappa shape index (κ3) is 2.86. The lowest BCUT2D eigenvalue weighted by atomic mass is 10.2. The van der Waals surface area contributed by atoms with E-state index in [1.165, 1.54) is 0 Å². The molecule has 106 valence electrons. The lowest BCUT2D eigenvalue weighted by molar-refractivity contribution is 0.296. The van der Waals surface area contributed by atoms with Crippen molar-refractivity contribution in [2.45, 2.75) is 13.5 Å². The van der Waals surface area contributed by atoms with Gasteiger partial charge in [0.1, 0.15) is 11.6 Å².